The van der Waals surface area contributed by atoms with Crippen LogP contribution in [0.2, 0.25) is 0 Å². The number of fused-ring (bicyclic) bond motifs is 19. The van der Waals surface area contributed by atoms with Gasteiger partial charge in [-0.25, -0.2) is 24.0 Å². The van der Waals surface area contributed by atoms with Crippen molar-refractivity contribution < 1.29 is 71.6 Å². The molecular weight excluding hydrogens is 865 g/mol. The Morgan fingerprint density at radius 3 is 1.24 bits per heavy atom. The highest BCUT2D eigenvalue weighted by Crippen LogP contribution is 2.82. The van der Waals surface area contributed by atoms with E-state index in [1.165, 1.54) is 14.2 Å². The van der Waals surface area contributed by atoms with Crippen LogP contribution in [-0.4, -0.2) is 140 Å². The molecule has 0 aromatic rings. The first-order chi connectivity index (χ1) is 30.7. The van der Waals surface area contributed by atoms with Crippen LogP contribution in [0.25, 0.3) is 0 Å². The topological polar surface area (TPSA) is 272 Å². The molecule has 5 N–H and O–H groups in total. The summed E-state index contributed by atoms with van der Waals surface area (Å²) in [6.07, 6.45) is -1.61. The number of carbonyl (C=O) groups excluding carboxylic acids is 9. The summed E-state index contributed by atoms with van der Waals surface area (Å²) >= 11 is 0. The molecule has 21 heteroatoms. The first-order valence-corrected chi connectivity index (χ1v) is 22.7. The molecule has 4 aliphatic carbocycles. The third-order valence-corrected chi connectivity index (χ3v) is 14.0. The van der Waals surface area contributed by atoms with Crippen LogP contribution in [0.3, 0.4) is 0 Å². The van der Waals surface area contributed by atoms with Crippen LogP contribution < -0.4 is 26.6 Å². The number of esters is 2. The van der Waals surface area contributed by atoms with Crippen LogP contribution in [0.15, 0.2) is 11.1 Å². The minimum atomic E-state index is -1.89. The molecule has 7 aliphatic rings. The number of likely N-dealkylation sites (tertiary alicyclic amines) is 1. The third-order valence-electron chi connectivity index (χ3n) is 14.0. The number of hydrogen-bond donors (Lipinski definition) is 5. The molecule has 0 radical (unpaired) electrons. The quantitative estimate of drug-likeness (QED) is 0.0755. The highest BCUT2D eigenvalue weighted by Gasteiger charge is 2.92. The van der Waals surface area contributed by atoms with Crippen LogP contribution in [0.1, 0.15) is 75.2 Å². The Balaban J connectivity index is 1.21. The van der Waals surface area contributed by atoms with Crippen LogP contribution in [0.4, 0.5) is 14.4 Å². The van der Waals surface area contributed by atoms with Gasteiger partial charge in [0.05, 0.1) is 26.1 Å². The zero-order chi connectivity index (χ0) is 48.6. The molecule has 0 spiro atoms. The molecule has 0 aromatic carbocycles. The molecule has 0 aromatic heterocycles. The lowest BCUT2D eigenvalue weighted by Gasteiger charge is -2.50. The Morgan fingerprint density at radius 2 is 0.894 bits per heavy atom. The van der Waals surface area contributed by atoms with E-state index in [0.29, 0.717) is 6.42 Å². The van der Waals surface area contributed by atoms with Crippen LogP contribution in [0, 0.1) is 59.2 Å². The van der Waals surface area contributed by atoms with Crippen molar-refractivity contribution in [3.63, 3.8) is 0 Å². The summed E-state index contributed by atoms with van der Waals surface area (Å²) in [7, 11) is 2.39. The molecule has 364 valence electrons. The molecule has 21 nitrogen and oxygen atoms in total. The fourth-order valence-electron chi connectivity index (χ4n) is 12.7. The number of carbonyl (C=O) groups is 9. The molecular formula is C45H64N6O15. The number of nitrogens with one attached hydrogen (secondary N) is 5. The molecule has 66 heavy (non-hydrogen) atoms. The van der Waals surface area contributed by atoms with Gasteiger partial charge >= 0.3 is 30.2 Å². The predicted octanol–water partition coefficient (Wildman–Crippen LogP) is 1.32. The molecule has 7 rings (SSSR count). The summed E-state index contributed by atoms with van der Waals surface area (Å²) in [5.41, 5.74) is -5.93. The van der Waals surface area contributed by atoms with Crippen molar-refractivity contribution in [2.24, 2.45) is 59.2 Å². The van der Waals surface area contributed by atoms with Crippen molar-refractivity contribution in [1.82, 2.24) is 31.5 Å². The number of imide groups is 1. The van der Waals surface area contributed by atoms with Gasteiger partial charge in [-0.2, -0.15) is 0 Å². The molecule has 12 atom stereocenters. The SMILES string of the molecule is COC(=O)[C@@]12O[C@@](C(=O)OC)([C@H]3[C@H]4C[C@H]([C@H]5C(=O)N(CCNC(=O)OC(C)(C)C)C(=O)[C@@H]45)[C@H]31)[C@H]1[C@@H]2[C@H]2C[C@@H]1C(C(=O)NCCNC(=O)OC(C)(C)C)=C2C(=O)NCCNC(=O)OC(C)(C)C. The summed E-state index contributed by atoms with van der Waals surface area (Å²) in [6, 6.07) is 0. The highest BCUT2D eigenvalue weighted by atomic mass is 16.6. The van der Waals surface area contributed by atoms with Crippen LogP contribution in [-0.2, 0) is 57.2 Å². The van der Waals surface area contributed by atoms with E-state index in [0.717, 1.165) is 4.90 Å². The van der Waals surface area contributed by atoms with Gasteiger partial charge in [0, 0.05) is 74.1 Å². The summed E-state index contributed by atoms with van der Waals surface area (Å²) in [6.45, 7) is 15.0. The van der Waals surface area contributed by atoms with Crippen molar-refractivity contribution in [1.29, 1.82) is 0 Å². The second-order valence-corrected chi connectivity index (χ2v) is 21.3. The van der Waals surface area contributed by atoms with Gasteiger partial charge in [-0.3, -0.25) is 24.1 Å². The van der Waals surface area contributed by atoms with E-state index >= 15 is 0 Å². The van der Waals surface area contributed by atoms with E-state index in [2.05, 4.69) is 26.6 Å². The number of hydrogen-bond acceptors (Lipinski definition) is 15. The Labute approximate surface area is 383 Å². The molecule has 3 saturated carbocycles. The lowest BCUT2D eigenvalue weighted by atomic mass is 9.48. The average Bonchev–Trinajstić information content (AvgIpc) is 4.07. The number of ether oxygens (including phenoxy) is 6. The fraction of sp³-hybridized carbons (Fsp3) is 0.756. The van der Waals surface area contributed by atoms with E-state index in [4.69, 9.17) is 28.4 Å². The maximum atomic E-state index is 14.7. The van der Waals surface area contributed by atoms with Gasteiger partial charge < -0.3 is 55.0 Å². The summed E-state index contributed by atoms with van der Waals surface area (Å²) in [4.78, 5) is 125. The monoisotopic (exact) mass is 928 g/mol. The lowest BCUT2D eigenvalue weighted by molar-refractivity contribution is -0.188. The van der Waals surface area contributed by atoms with Crippen molar-refractivity contribution in [3.8, 4) is 0 Å². The maximum absolute atomic E-state index is 14.7. The van der Waals surface area contributed by atoms with Crippen molar-refractivity contribution in [2.75, 3.05) is 53.5 Å². The Bertz CT molecular complexity index is 2000. The minimum absolute atomic E-state index is 0.0250. The normalized spacial score (nSPS) is 33.2. The molecule has 3 saturated heterocycles. The first kappa shape index (κ1) is 48.5. The highest BCUT2D eigenvalue weighted by molar-refractivity contribution is 6.08. The molecule has 6 bridgehead atoms. The van der Waals surface area contributed by atoms with Crippen LogP contribution in [0.5, 0.6) is 0 Å². The largest absolute Gasteiger partial charge is 0.467 e. The minimum Gasteiger partial charge on any atom is -0.467 e. The molecule has 3 heterocycles. The average molecular weight is 929 g/mol. The van der Waals surface area contributed by atoms with Gasteiger partial charge in [-0.1, -0.05) is 0 Å². The van der Waals surface area contributed by atoms with Crippen LogP contribution >= 0.6 is 0 Å². The Kier molecular flexibility index (Phi) is 12.5. The van der Waals surface area contributed by atoms with E-state index < -0.39 is 141 Å². The van der Waals surface area contributed by atoms with E-state index in [1.807, 2.05) is 0 Å². The van der Waals surface area contributed by atoms with E-state index in [-0.39, 0.29) is 56.8 Å². The van der Waals surface area contributed by atoms with E-state index in [9.17, 15) is 43.2 Å². The number of methoxy groups -OCH3 is 2. The summed E-state index contributed by atoms with van der Waals surface area (Å²) in [5, 5.41) is 13.4. The molecule has 0 unspecified atom stereocenters. The number of amides is 7. The maximum Gasteiger partial charge on any atom is 0.407 e. The first-order valence-electron chi connectivity index (χ1n) is 22.7. The van der Waals surface area contributed by atoms with Gasteiger partial charge in [0.2, 0.25) is 23.6 Å². The van der Waals surface area contributed by atoms with Gasteiger partial charge in [0.1, 0.15) is 16.8 Å². The third kappa shape index (κ3) is 8.01. The number of rotatable bonds is 13. The summed E-state index contributed by atoms with van der Waals surface area (Å²) < 4.78 is 33.9. The Morgan fingerprint density at radius 1 is 0.545 bits per heavy atom. The van der Waals surface area contributed by atoms with Crippen molar-refractivity contribution >= 4 is 53.8 Å². The molecule has 7 amide bonds. The smallest absolute Gasteiger partial charge is 0.407 e. The van der Waals surface area contributed by atoms with Gasteiger partial charge in [0.15, 0.2) is 11.2 Å². The molecule has 3 aliphatic heterocycles. The van der Waals surface area contributed by atoms with Gasteiger partial charge in [-0.05, 0) is 98.8 Å². The zero-order valence-electron chi connectivity index (χ0n) is 39.5. The zero-order valence-corrected chi connectivity index (χ0v) is 39.5. The number of alkyl carbamates (subject to hydrolysis) is 3. The van der Waals surface area contributed by atoms with Gasteiger partial charge in [0.25, 0.3) is 0 Å². The van der Waals surface area contributed by atoms with Crippen molar-refractivity contribution in [3.05, 3.63) is 11.1 Å². The second-order valence-electron chi connectivity index (χ2n) is 21.3. The lowest BCUT2D eigenvalue weighted by Crippen LogP contribution is -2.63. The second kappa shape index (κ2) is 17.0. The van der Waals surface area contributed by atoms with Gasteiger partial charge in [-0.15, -0.1) is 0 Å². The fourth-order valence-corrected chi connectivity index (χ4v) is 12.7. The number of nitrogens with zero attached hydrogens (tertiary/aromatic N) is 1. The standard InChI is InChI=1S/C45H64N6O15/c1-41(2,3)63-38(58)48-14-12-46-32(52)24-20-18-21(25(24)33(53)47-13-15-49-39(59)64-42(4,5)6)29-28(20)44(36(56)61-10)30-22-19-23(31(30)45(29,66-44)37(57)62-11)27-26(22)34(54)51(35(27)55)17-16-50-40(60)65-43(7,8)9/h20-23,26-31H,12-19H2,1-11H3,(H,46,52)(H,47,53)(H,48,58)(H,49,59)(H,50,60)/t20-,21+,22+,23-,26+,27-,28-,29+,30+,31-,44-,45+. The predicted molar refractivity (Wildman–Crippen MR) is 227 cm³/mol. The Hall–Kier alpha value is -5.47. The van der Waals surface area contributed by atoms with E-state index in [1.54, 1.807) is 62.3 Å². The summed E-state index contributed by atoms with van der Waals surface area (Å²) in [5.74, 6) is -11.8. The van der Waals surface area contributed by atoms with Crippen molar-refractivity contribution in [2.45, 2.75) is 103 Å². The molecule has 6 fully saturated rings.